The van der Waals surface area contributed by atoms with Crippen molar-refractivity contribution in [3.8, 4) is 0 Å². The molecule has 1 aliphatic carbocycles. The molecule has 8 heteroatoms. The predicted molar refractivity (Wildman–Crippen MR) is 118 cm³/mol. The second-order valence-electron chi connectivity index (χ2n) is 7.77. The van der Waals surface area contributed by atoms with Crippen LogP contribution in [0, 0.1) is 0 Å². The van der Waals surface area contributed by atoms with Gasteiger partial charge in [0.15, 0.2) is 0 Å². The van der Waals surface area contributed by atoms with E-state index in [0.29, 0.717) is 16.3 Å². The number of aliphatic imine (C=N–C) groups is 1. The van der Waals surface area contributed by atoms with Crippen LogP contribution in [0.2, 0.25) is 5.02 Å². The van der Waals surface area contributed by atoms with E-state index in [1.54, 1.807) is 36.4 Å². The summed E-state index contributed by atoms with van der Waals surface area (Å²) in [6, 6.07) is 11.9. The third-order valence-electron chi connectivity index (χ3n) is 5.58. The maximum atomic E-state index is 12.9. The number of halogens is 1. The predicted octanol–water partition coefficient (Wildman–Crippen LogP) is 4.66. The van der Waals surface area contributed by atoms with Crippen molar-refractivity contribution >= 4 is 39.6 Å². The van der Waals surface area contributed by atoms with Gasteiger partial charge < -0.3 is 5.32 Å². The van der Waals surface area contributed by atoms with Gasteiger partial charge in [0.25, 0.3) is 15.9 Å². The molecule has 0 bridgehead atoms. The number of benzene rings is 2. The van der Waals surface area contributed by atoms with E-state index in [-0.39, 0.29) is 23.4 Å². The first-order chi connectivity index (χ1) is 14.4. The van der Waals surface area contributed by atoms with Crippen LogP contribution in [0.25, 0.3) is 0 Å². The fraction of sp³-hybridized carbons (Fsp3) is 0.364. The number of rotatable bonds is 4. The third kappa shape index (κ3) is 4.52. The van der Waals surface area contributed by atoms with Crippen LogP contribution in [0.1, 0.15) is 54.4 Å². The van der Waals surface area contributed by atoms with Gasteiger partial charge in [0.05, 0.1) is 12.2 Å². The van der Waals surface area contributed by atoms with E-state index in [1.165, 1.54) is 29.6 Å². The van der Waals surface area contributed by atoms with Crippen LogP contribution >= 0.6 is 11.6 Å². The molecule has 0 atom stereocenters. The van der Waals surface area contributed by atoms with Gasteiger partial charge in [0.2, 0.25) is 0 Å². The molecule has 6 nitrogen and oxygen atoms in total. The fourth-order valence-electron chi connectivity index (χ4n) is 3.88. The smallest absolute Gasteiger partial charge is 0.267 e. The Labute approximate surface area is 182 Å². The molecule has 1 fully saturated rings. The Hall–Kier alpha value is -2.38. The van der Waals surface area contributed by atoms with Crippen LogP contribution in [-0.4, -0.2) is 31.0 Å². The molecule has 0 unspecified atom stereocenters. The second-order valence-corrected chi connectivity index (χ2v) is 10.1. The normalized spacial score (nSPS) is 18.5. The monoisotopic (exact) mass is 445 g/mol. The third-order valence-corrected chi connectivity index (χ3v) is 7.54. The van der Waals surface area contributed by atoms with Gasteiger partial charge in [0.1, 0.15) is 11.2 Å². The van der Waals surface area contributed by atoms with Crippen LogP contribution in [0.15, 0.2) is 52.4 Å². The summed E-state index contributed by atoms with van der Waals surface area (Å²) in [5.74, 6) is -0.0795. The van der Waals surface area contributed by atoms with E-state index < -0.39 is 10.0 Å². The molecule has 1 aliphatic heterocycles. The number of nitrogens with one attached hydrogen (secondary N) is 1. The van der Waals surface area contributed by atoms with Gasteiger partial charge in [-0.1, -0.05) is 49.4 Å². The van der Waals surface area contributed by atoms with Crippen molar-refractivity contribution in [2.45, 2.75) is 56.0 Å². The molecule has 2 aromatic carbocycles. The summed E-state index contributed by atoms with van der Waals surface area (Å²) in [5, 5.41) is 3.47. The van der Waals surface area contributed by atoms with Crippen LogP contribution in [0.4, 0.5) is 5.69 Å². The van der Waals surface area contributed by atoms with Crippen molar-refractivity contribution in [1.82, 2.24) is 9.62 Å². The van der Waals surface area contributed by atoms with Crippen molar-refractivity contribution in [1.29, 1.82) is 0 Å². The first-order valence-corrected chi connectivity index (χ1v) is 12.0. The summed E-state index contributed by atoms with van der Waals surface area (Å²) < 4.78 is 27.0. The molecule has 1 heterocycles. The Kier molecular flexibility index (Phi) is 6.11. The van der Waals surface area contributed by atoms with Crippen LogP contribution in [-0.2, 0) is 16.6 Å². The molecule has 1 amide bonds. The minimum atomic E-state index is -3.73. The SMILES string of the molecule is O=C(NC1CCCCCC1)c1ccc(CN2C=Nc3ccc(Cl)cc3S2(=O)=O)cc1. The van der Waals surface area contributed by atoms with Gasteiger partial charge in [-0.05, 0) is 48.7 Å². The molecule has 4 rings (SSSR count). The zero-order valence-electron chi connectivity index (χ0n) is 16.6. The highest BCUT2D eigenvalue weighted by molar-refractivity contribution is 7.89. The number of nitrogens with zero attached hydrogens (tertiary/aromatic N) is 2. The van der Waals surface area contributed by atoms with E-state index in [0.717, 1.165) is 31.2 Å². The highest BCUT2D eigenvalue weighted by Crippen LogP contribution is 2.33. The molecule has 0 saturated heterocycles. The number of hydrogen-bond donors (Lipinski definition) is 1. The summed E-state index contributed by atoms with van der Waals surface area (Å²) in [6.45, 7) is 0.127. The Balaban J connectivity index is 1.44. The topological polar surface area (TPSA) is 78.8 Å². The van der Waals surface area contributed by atoms with Gasteiger partial charge >= 0.3 is 0 Å². The van der Waals surface area contributed by atoms with Gasteiger partial charge in [-0.2, -0.15) is 0 Å². The van der Waals surface area contributed by atoms with E-state index in [1.807, 2.05) is 0 Å². The molecule has 2 aliphatic rings. The van der Waals surface area contributed by atoms with E-state index in [2.05, 4.69) is 10.3 Å². The minimum absolute atomic E-state index is 0.0795. The number of hydrogen-bond acceptors (Lipinski definition) is 4. The minimum Gasteiger partial charge on any atom is -0.349 e. The maximum absolute atomic E-state index is 12.9. The first-order valence-electron chi connectivity index (χ1n) is 10.2. The second kappa shape index (κ2) is 8.78. The number of carbonyl (C=O) groups is 1. The van der Waals surface area contributed by atoms with Gasteiger partial charge in [-0.25, -0.2) is 13.4 Å². The lowest BCUT2D eigenvalue weighted by atomic mass is 10.1. The average Bonchev–Trinajstić information content (AvgIpc) is 3.00. The molecule has 0 spiro atoms. The summed E-state index contributed by atoms with van der Waals surface area (Å²) >= 11 is 5.97. The van der Waals surface area contributed by atoms with Crippen molar-refractivity contribution in [3.63, 3.8) is 0 Å². The van der Waals surface area contributed by atoms with E-state index in [4.69, 9.17) is 11.6 Å². The lowest BCUT2D eigenvalue weighted by Gasteiger charge is -2.24. The quantitative estimate of drug-likeness (QED) is 0.695. The van der Waals surface area contributed by atoms with Gasteiger partial charge in [-0.15, -0.1) is 0 Å². The largest absolute Gasteiger partial charge is 0.349 e. The van der Waals surface area contributed by atoms with Crippen molar-refractivity contribution in [3.05, 3.63) is 58.6 Å². The summed E-state index contributed by atoms with van der Waals surface area (Å²) in [4.78, 5) is 16.9. The Morgan fingerprint density at radius 2 is 1.77 bits per heavy atom. The zero-order chi connectivity index (χ0) is 21.1. The van der Waals surface area contributed by atoms with Crippen molar-refractivity contribution in [2.75, 3.05) is 0 Å². The molecule has 1 saturated carbocycles. The lowest BCUT2D eigenvalue weighted by molar-refractivity contribution is 0.0933. The number of fused-ring (bicyclic) bond motifs is 1. The van der Waals surface area contributed by atoms with Gasteiger partial charge in [-0.3, -0.25) is 9.10 Å². The summed E-state index contributed by atoms with van der Waals surface area (Å²) in [7, 11) is -3.73. The summed E-state index contributed by atoms with van der Waals surface area (Å²) in [5.41, 5.74) is 1.72. The van der Waals surface area contributed by atoms with Gasteiger partial charge in [0, 0.05) is 16.6 Å². The molecule has 0 aromatic heterocycles. The first kappa shape index (κ1) is 20.9. The molecule has 158 valence electrons. The molecule has 0 radical (unpaired) electrons. The van der Waals surface area contributed by atoms with E-state index >= 15 is 0 Å². The number of amides is 1. The molecule has 1 N–H and O–H groups in total. The van der Waals surface area contributed by atoms with E-state index in [9.17, 15) is 13.2 Å². The maximum Gasteiger partial charge on any atom is 0.267 e. The fourth-order valence-corrected chi connectivity index (χ4v) is 5.52. The molecular formula is C22H24ClN3O3S. The number of sulfonamides is 1. The van der Waals surface area contributed by atoms with Crippen LogP contribution < -0.4 is 5.32 Å². The van der Waals surface area contributed by atoms with Crippen molar-refractivity contribution < 1.29 is 13.2 Å². The lowest BCUT2D eigenvalue weighted by Crippen LogP contribution is -2.34. The molecule has 30 heavy (non-hydrogen) atoms. The highest BCUT2D eigenvalue weighted by atomic mass is 35.5. The standard InChI is InChI=1S/C22H24ClN3O3S/c23-18-11-12-20-21(13-18)30(28,29)26(15-24-20)14-16-7-9-17(10-8-16)22(27)25-19-5-3-1-2-4-6-19/h7-13,15,19H,1-6,14H2,(H,25,27). The highest BCUT2D eigenvalue weighted by Gasteiger charge is 2.29. The number of carbonyl (C=O) groups excluding carboxylic acids is 1. The van der Waals surface area contributed by atoms with Crippen molar-refractivity contribution in [2.24, 2.45) is 4.99 Å². The average molecular weight is 446 g/mol. The Bertz CT molecular complexity index is 1060. The Morgan fingerprint density at radius 1 is 1.07 bits per heavy atom. The molecule has 2 aromatic rings. The molecular weight excluding hydrogens is 422 g/mol. The van der Waals surface area contributed by atoms with Crippen LogP contribution in [0.3, 0.4) is 0 Å². The summed E-state index contributed by atoms with van der Waals surface area (Å²) in [6.07, 6.45) is 8.16. The Morgan fingerprint density at radius 3 is 2.47 bits per heavy atom. The zero-order valence-corrected chi connectivity index (χ0v) is 18.1. The van der Waals surface area contributed by atoms with Crippen LogP contribution in [0.5, 0.6) is 0 Å².